The Bertz CT molecular complexity index is 795. The van der Waals surface area contributed by atoms with E-state index in [1.165, 1.54) is 31.0 Å². The Hall–Kier alpha value is -2.15. The molecule has 0 bridgehead atoms. The van der Waals surface area contributed by atoms with E-state index in [-0.39, 0.29) is 17.4 Å². The Kier molecular flexibility index (Phi) is 7.25. The summed E-state index contributed by atoms with van der Waals surface area (Å²) in [5.74, 6) is 1.59. The summed E-state index contributed by atoms with van der Waals surface area (Å²) < 4.78 is 5.74. The number of hydrogen-bond acceptors (Lipinski definition) is 6. The molecule has 1 saturated carbocycles. The van der Waals surface area contributed by atoms with Crippen LogP contribution in [0.15, 0.2) is 33.9 Å². The molecule has 0 atom stereocenters. The molecule has 0 radical (unpaired) electrons. The third kappa shape index (κ3) is 5.92. The maximum Gasteiger partial charge on any atom is 0.277 e. The van der Waals surface area contributed by atoms with Gasteiger partial charge in [-0.15, -0.1) is 10.2 Å². The van der Waals surface area contributed by atoms with Crippen LogP contribution in [0, 0.1) is 5.92 Å². The van der Waals surface area contributed by atoms with Crippen molar-refractivity contribution in [2.45, 2.75) is 63.5 Å². The fourth-order valence-electron chi connectivity index (χ4n) is 3.33. The van der Waals surface area contributed by atoms with E-state index in [1.54, 1.807) is 24.3 Å². The second-order valence-electron chi connectivity index (χ2n) is 7.68. The van der Waals surface area contributed by atoms with Crippen LogP contribution in [0.3, 0.4) is 0 Å². The summed E-state index contributed by atoms with van der Waals surface area (Å²) in [6, 6.07) is 6.97. The molecule has 7 heteroatoms. The van der Waals surface area contributed by atoms with Gasteiger partial charge in [0.25, 0.3) is 5.22 Å². The van der Waals surface area contributed by atoms with Gasteiger partial charge in [0.1, 0.15) is 0 Å². The van der Waals surface area contributed by atoms with Gasteiger partial charge in [0.2, 0.25) is 11.8 Å². The monoisotopic (exact) mass is 401 g/mol. The van der Waals surface area contributed by atoms with Crippen LogP contribution in [0.2, 0.25) is 0 Å². The average Bonchev–Trinajstić information content (AvgIpc) is 3.16. The highest BCUT2D eigenvalue weighted by Crippen LogP contribution is 2.33. The molecule has 2 aromatic rings. The molecule has 1 amide bonds. The molecule has 0 unspecified atom stereocenters. The highest BCUT2D eigenvalue weighted by atomic mass is 32.2. The molecule has 1 aromatic heterocycles. The van der Waals surface area contributed by atoms with Gasteiger partial charge in [-0.3, -0.25) is 9.59 Å². The molecular weight excluding hydrogens is 374 g/mol. The van der Waals surface area contributed by atoms with E-state index in [2.05, 4.69) is 15.5 Å². The Balaban J connectivity index is 1.49. The summed E-state index contributed by atoms with van der Waals surface area (Å²) in [6.07, 6.45) is 6.38. The molecule has 0 saturated heterocycles. The van der Waals surface area contributed by atoms with Crippen molar-refractivity contribution < 1.29 is 14.0 Å². The van der Waals surface area contributed by atoms with Crippen molar-refractivity contribution in [2.75, 3.05) is 11.1 Å². The van der Waals surface area contributed by atoms with Crippen LogP contribution in [-0.2, 0) is 4.79 Å². The van der Waals surface area contributed by atoms with Crippen molar-refractivity contribution in [3.8, 4) is 0 Å². The number of carbonyl (C=O) groups is 2. The molecule has 3 rings (SSSR count). The summed E-state index contributed by atoms with van der Waals surface area (Å²) in [5, 5.41) is 11.5. The number of nitrogens with one attached hydrogen (secondary N) is 1. The SMILES string of the molecule is CC(C)CC(=O)Nc1ccc(C(=O)CSc2nnc(C3CCCCC3)o2)cc1. The number of rotatable bonds is 8. The topological polar surface area (TPSA) is 85.1 Å². The Morgan fingerprint density at radius 1 is 1.14 bits per heavy atom. The molecule has 1 aliphatic carbocycles. The minimum absolute atomic E-state index is 0.0116. The van der Waals surface area contributed by atoms with E-state index in [4.69, 9.17) is 4.42 Å². The number of Topliss-reactive ketones (excluding diaryl/α,β-unsaturated/α-hetero) is 1. The number of aromatic nitrogens is 2. The third-order valence-corrected chi connectivity index (χ3v) is 5.61. The number of ketones is 1. The molecule has 0 spiro atoms. The van der Waals surface area contributed by atoms with Crippen molar-refractivity contribution in [1.29, 1.82) is 0 Å². The van der Waals surface area contributed by atoms with Crippen molar-refractivity contribution in [3.63, 3.8) is 0 Å². The maximum absolute atomic E-state index is 12.4. The van der Waals surface area contributed by atoms with Crippen LogP contribution in [0.1, 0.15) is 74.5 Å². The van der Waals surface area contributed by atoms with E-state index >= 15 is 0 Å². The largest absolute Gasteiger partial charge is 0.416 e. The quantitative estimate of drug-likeness (QED) is 0.490. The van der Waals surface area contributed by atoms with Crippen LogP contribution in [-0.4, -0.2) is 27.6 Å². The average molecular weight is 402 g/mol. The predicted molar refractivity (Wildman–Crippen MR) is 110 cm³/mol. The first-order valence-electron chi connectivity index (χ1n) is 9.90. The van der Waals surface area contributed by atoms with Crippen molar-refractivity contribution in [2.24, 2.45) is 5.92 Å². The van der Waals surface area contributed by atoms with Gasteiger partial charge in [-0.25, -0.2) is 0 Å². The van der Waals surface area contributed by atoms with E-state index < -0.39 is 0 Å². The summed E-state index contributed by atoms with van der Waals surface area (Å²) in [6.45, 7) is 4.00. The van der Waals surface area contributed by atoms with Gasteiger partial charge in [0.15, 0.2) is 5.78 Å². The fourth-order valence-corrected chi connectivity index (χ4v) is 3.99. The molecule has 1 heterocycles. The number of hydrogen-bond donors (Lipinski definition) is 1. The van der Waals surface area contributed by atoms with Crippen molar-refractivity contribution in [1.82, 2.24) is 10.2 Å². The first-order valence-corrected chi connectivity index (χ1v) is 10.9. The fraction of sp³-hybridized carbons (Fsp3) is 0.524. The summed E-state index contributed by atoms with van der Waals surface area (Å²) in [7, 11) is 0. The van der Waals surface area contributed by atoms with Gasteiger partial charge in [-0.1, -0.05) is 44.9 Å². The molecular formula is C21H27N3O3S. The van der Waals surface area contributed by atoms with Crippen LogP contribution < -0.4 is 5.32 Å². The van der Waals surface area contributed by atoms with Crippen LogP contribution in [0.25, 0.3) is 0 Å². The van der Waals surface area contributed by atoms with Gasteiger partial charge >= 0.3 is 0 Å². The Morgan fingerprint density at radius 3 is 2.54 bits per heavy atom. The van der Waals surface area contributed by atoms with Crippen LogP contribution in [0.4, 0.5) is 5.69 Å². The van der Waals surface area contributed by atoms with Crippen molar-refractivity contribution in [3.05, 3.63) is 35.7 Å². The van der Waals surface area contributed by atoms with E-state index in [1.807, 2.05) is 13.8 Å². The number of thioether (sulfide) groups is 1. The maximum atomic E-state index is 12.4. The molecule has 0 aliphatic heterocycles. The zero-order chi connectivity index (χ0) is 19.9. The number of amides is 1. The smallest absolute Gasteiger partial charge is 0.277 e. The second-order valence-corrected chi connectivity index (χ2v) is 8.60. The van der Waals surface area contributed by atoms with Gasteiger partial charge in [-0.05, 0) is 43.0 Å². The number of nitrogens with zero attached hydrogens (tertiary/aromatic N) is 2. The Morgan fingerprint density at radius 2 is 1.86 bits per heavy atom. The van der Waals surface area contributed by atoms with Gasteiger partial charge in [0.05, 0.1) is 5.75 Å². The van der Waals surface area contributed by atoms with Gasteiger partial charge in [-0.2, -0.15) is 0 Å². The lowest BCUT2D eigenvalue weighted by atomic mass is 9.89. The number of benzene rings is 1. The number of anilines is 1. The highest BCUT2D eigenvalue weighted by Gasteiger charge is 2.21. The van der Waals surface area contributed by atoms with Crippen LogP contribution in [0.5, 0.6) is 0 Å². The second kappa shape index (κ2) is 9.87. The molecule has 1 aliphatic rings. The molecule has 1 aromatic carbocycles. The standard InChI is InChI=1S/C21H27N3O3S/c1-14(2)12-19(26)22-17-10-8-15(9-11-17)18(25)13-28-21-24-23-20(27-21)16-6-4-3-5-7-16/h8-11,14,16H,3-7,12-13H2,1-2H3,(H,22,26). The van der Waals surface area contributed by atoms with Crippen LogP contribution >= 0.6 is 11.8 Å². The molecule has 28 heavy (non-hydrogen) atoms. The lowest BCUT2D eigenvalue weighted by molar-refractivity contribution is -0.116. The van der Waals surface area contributed by atoms with E-state index in [9.17, 15) is 9.59 Å². The summed E-state index contributed by atoms with van der Waals surface area (Å²) >= 11 is 1.27. The summed E-state index contributed by atoms with van der Waals surface area (Å²) in [5.41, 5.74) is 1.30. The van der Waals surface area contributed by atoms with E-state index in [0.29, 0.717) is 40.6 Å². The predicted octanol–water partition coefficient (Wildman–Crippen LogP) is 5.08. The van der Waals surface area contributed by atoms with E-state index in [0.717, 1.165) is 12.8 Å². The molecule has 1 N–H and O–H groups in total. The third-order valence-electron chi connectivity index (χ3n) is 4.79. The zero-order valence-corrected chi connectivity index (χ0v) is 17.3. The molecule has 150 valence electrons. The summed E-state index contributed by atoms with van der Waals surface area (Å²) in [4.78, 5) is 24.2. The normalized spacial score (nSPS) is 15.0. The van der Waals surface area contributed by atoms with Crippen molar-refractivity contribution >= 4 is 29.1 Å². The minimum Gasteiger partial charge on any atom is -0.416 e. The first-order chi connectivity index (χ1) is 13.5. The first kappa shape index (κ1) is 20.6. The molecule has 1 fully saturated rings. The lowest BCUT2D eigenvalue weighted by Crippen LogP contribution is -2.14. The van der Waals surface area contributed by atoms with Gasteiger partial charge < -0.3 is 9.73 Å². The zero-order valence-electron chi connectivity index (χ0n) is 16.4. The Labute approximate surface area is 169 Å². The van der Waals surface area contributed by atoms with Gasteiger partial charge in [0, 0.05) is 23.6 Å². The lowest BCUT2D eigenvalue weighted by Gasteiger charge is -2.17. The molecule has 6 nitrogen and oxygen atoms in total. The highest BCUT2D eigenvalue weighted by molar-refractivity contribution is 7.99. The minimum atomic E-state index is -0.0187. The number of carbonyl (C=O) groups excluding carboxylic acids is 2.